The van der Waals surface area contributed by atoms with E-state index in [4.69, 9.17) is 0 Å². The zero-order valence-corrected chi connectivity index (χ0v) is 13.7. The number of halogens is 1. The van der Waals surface area contributed by atoms with Gasteiger partial charge in [0, 0.05) is 11.9 Å². The number of amides is 1. The van der Waals surface area contributed by atoms with Crippen LogP contribution in [0.4, 0.5) is 0 Å². The lowest BCUT2D eigenvalue weighted by atomic mass is 9.80. The summed E-state index contributed by atoms with van der Waals surface area (Å²) in [6, 6.07) is 1.81. The summed E-state index contributed by atoms with van der Waals surface area (Å²) in [5.74, 6) is 1.24. The topological polar surface area (TPSA) is 54.9 Å². The molecule has 0 spiro atoms. The maximum Gasteiger partial charge on any atom is 0.253 e. The van der Waals surface area contributed by atoms with Gasteiger partial charge in [-0.15, -0.1) is 0 Å². The van der Waals surface area contributed by atoms with Crippen LogP contribution >= 0.6 is 15.9 Å². The number of aryl methyl sites for hydroxylation is 2. The standard InChI is InChI=1S/C15H22BrN3O/c1-10-7-14(11(2)19-18-10)15(20)17-9-13-6-4-3-5-12(13)8-16/h7,12-13H,3-6,8-9H2,1-2H3,(H,17,20). The molecule has 110 valence electrons. The largest absolute Gasteiger partial charge is 0.352 e. The summed E-state index contributed by atoms with van der Waals surface area (Å²) >= 11 is 3.59. The van der Waals surface area contributed by atoms with Gasteiger partial charge < -0.3 is 5.32 Å². The smallest absolute Gasteiger partial charge is 0.253 e. The van der Waals surface area contributed by atoms with Crippen molar-refractivity contribution >= 4 is 21.8 Å². The summed E-state index contributed by atoms with van der Waals surface area (Å²) < 4.78 is 0. The minimum Gasteiger partial charge on any atom is -0.352 e. The van der Waals surface area contributed by atoms with Crippen LogP contribution in [0, 0.1) is 25.7 Å². The number of aromatic nitrogens is 2. The third-order valence-electron chi connectivity index (χ3n) is 4.13. The molecule has 1 aromatic heterocycles. The lowest BCUT2D eigenvalue weighted by molar-refractivity contribution is 0.0935. The van der Waals surface area contributed by atoms with Gasteiger partial charge in [0.25, 0.3) is 5.91 Å². The van der Waals surface area contributed by atoms with Crippen molar-refractivity contribution in [2.45, 2.75) is 39.5 Å². The van der Waals surface area contributed by atoms with Crippen molar-refractivity contribution in [2.75, 3.05) is 11.9 Å². The predicted octanol–water partition coefficient (Wildman–Crippen LogP) is 3.02. The Hall–Kier alpha value is -0.970. The van der Waals surface area contributed by atoms with Crippen LogP contribution in [0.25, 0.3) is 0 Å². The molecule has 1 fully saturated rings. The molecular weight excluding hydrogens is 318 g/mol. The van der Waals surface area contributed by atoms with E-state index in [1.807, 2.05) is 13.8 Å². The number of hydrogen-bond acceptors (Lipinski definition) is 3. The van der Waals surface area contributed by atoms with Gasteiger partial charge in [-0.1, -0.05) is 28.8 Å². The number of nitrogens with zero attached hydrogens (tertiary/aromatic N) is 2. The summed E-state index contributed by atoms with van der Waals surface area (Å²) in [5.41, 5.74) is 2.11. The van der Waals surface area contributed by atoms with Crippen LogP contribution in [0.15, 0.2) is 6.07 Å². The molecule has 1 saturated carbocycles. The second-order valence-electron chi connectivity index (χ2n) is 5.65. The Morgan fingerprint density at radius 2 is 2.00 bits per heavy atom. The highest BCUT2D eigenvalue weighted by Crippen LogP contribution is 2.30. The van der Waals surface area contributed by atoms with Crippen LogP contribution in [0.2, 0.25) is 0 Å². The fourth-order valence-corrected chi connectivity index (χ4v) is 3.71. The highest BCUT2D eigenvalue weighted by Gasteiger charge is 2.24. The molecule has 5 heteroatoms. The minimum absolute atomic E-state index is 0.0283. The highest BCUT2D eigenvalue weighted by atomic mass is 79.9. The average molecular weight is 340 g/mol. The predicted molar refractivity (Wildman–Crippen MR) is 83.1 cm³/mol. The van der Waals surface area contributed by atoms with Crippen molar-refractivity contribution in [1.29, 1.82) is 0 Å². The van der Waals surface area contributed by atoms with Gasteiger partial charge in [0.15, 0.2) is 0 Å². The lowest BCUT2D eigenvalue weighted by Crippen LogP contribution is -2.35. The van der Waals surface area contributed by atoms with Crippen LogP contribution in [-0.4, -0.2) is 28.0 Å². The van der Waals surface area contributed by atoms with E-state index in [1.54, 1.807) is 6.07 Å². The Morgan fingerprint density at radius 1 is 1.30 bits per heavy atom. The van der Waals surface area contributed by atoms with Gasteiger partial charge in [0.1, 0.15) is 0 Å². The van der Waals surface area contributed by atoms with Gasteiger partial charge >= 0.3 is 0 Å². The first-order valence-corrected chi connectivity index (χ1v) is 8.39. The fourth-order valence-electron chi connectivity index (χ4n) is 2.86. The lowest BCUT2D eigenvalue weighted by Gasteiger charge is -2.30. The first-order chi connectivity index (χ1) is 9.61. The second-order valence-corrected chi connectivity index (χ2v) is 6.30. The summed E-state index contributed by atoms with van der Waals surface area (Å²) in [6.45, 7) is 4.43. The molecule has 1 aromatic rings. The van der Waals surface area contributed by atoms with Crippen molar-refractivity contribution in [3.63, 3.8) is 0 Å². The van der Waals surface area contributed by atoms with Gasteiger partial charge in [-0.05, 0) is 44.6 Å². The van der Waals surface area contributed by atoms with Gasteiger partial charge in [-0.25, -0.2) is 0 Å². The zero-order valence-electron chi connectivity index (χ0n) is 12.2. The van der Waals surface area contributed by atoms with Crippen molar-refractivity contribution in [3.05, 3.63) is 23.0 Å². The molecule has 20 heavy (non-hydrogen) atoms. The summed E-state index contributed by atoms with van der Waals surface area (Å²) in [4.78, 5) is 12.3. The Labute approximate surface area is 128 Å². The normalized spacial score (nSPS) is 22.6. The molecule has 1 N–H and O–H groups in total. The molecule has 1 aliphatic carbocycles. The monoisotopic (exact) mass is 339 g/mol. The molecule has 0 aromatic carbocycles. The number of nitrogens with one attached hydrogen (secondary N) is 1. The second kappa shape index (κ2) is 7.16. The van der Waals surface area contributed by atoms with E-state index in [-0.39, 0.29) is 5.91 Å². The van der Waals surface area contributed by atoms with E-state index in [0.29, 0.717) is 23.1 Å². The quantitative estimate of drug-likeness (QED) is 0.858. The number of carbonyl (C=O) groups is 1. The minimum atomic E-state index is -0.0283. The molecule has 4 nitrogen and oxygen atoms in total. The van der Waals surface area contributed by atoms with Crippen LogP contribution in [0.5, 0.6) is 0 Å². The van der Waals surface area contributed by atoms with E-state index < -0.39 is 0 Å². The average Bonchev–Trinajstić information content (AvgIpc) is 2.47. The van der Waals surface area contributed by atoms with E-state index in [2.05, 4.69) is 31.4 Å². The van der Waals surface area contributed by atoms with Crippen molar-refractivity contribution in [1.82, 2.24) is 15.5 Å². The molecule has 0 aliphatic heterocycles. The molecule has 0 saturated heterocycles. The van der Waals surface area contributed by atoms with E-state index in [9.17, 15) is 4.79 Å². The fraction of sp³-hybridized carbons (Fsp3) is 0.667. The molecule has 2 rings (SSSR count). The number of alkyl halides is 1. The summed E-state index contributed by atoms with van der Waals surface area (Å²) in [5, 5.41) is 12.1. The van der Waals surface area contributed by atoms with Gasteiger partial charge in [-0.3, -0.25) is 4.79 Å². The number of carbonyl (C=O) groups excluding carboxylic acids is 1. The maximum absolute atomic E-state index is 12.3. The zero-order chi connectivity index (χ0) is 14.5. The third-order valence-corrected chi connectivity index (χ3v) is 4.97. The molecule has 2 unspecified atom stereocenters. The maximum atomic E-state index is 12.3. The van der Waals surface area contributed by atoms with Crippen LogP contribution < -0.4 is 5.32 Å². The van der Waals surface area contributed by atoms with E-state index in [1.165, 1.54) is 25.7 Å². The Kier molecular flexibility index (Phi) is 5.52. The third kappa shape index (κ3) is 3.78. The number of rotatable bonds is 4. The van der Waals surface area contributed by atoms with Crippen molar-refractivity contribution in [2.24, 2.45) is 11.8 Å². The van der Waals surface area contributed by atoms with E-state index >= 15 is 0 Å². The first kappa shape index (κ1) is 15.4. The van der Waals surface area contributed by atoms with Crippen LogP contribution in [-0.2, 0) is 0 Å². The molecule has 0 radical (unpaired) electrons. The first-order valence-electron chi connectivity index (χ1n) is 7.27. The number of hydrogen-bond donors (Lipinski definition) is 1. The van der Waals surface area contributed by atoms with Gasteiger partial charge in [0.05, 0.1) is 17.0 Å². The van der Waals surface area contributed by atoms with Crippen molar-refractivity contribution < 1.29 is 4.79 Å². The Balaban J connectivity index is 1.96. The van der Waals surface area contributed by atoms with Gasteiger partial charge in [-0.2, -0.15) is 10.2 Å². The van der Waals surface area contributed by atoms with E-state index in [0.717, 1.165) is 17.6 Å². The molecule has 0 bridgehead atoms. The summed E-state index contributed by atoms with van der Waals surface area (Å²) in [6.07, 6.45) is 5.07. The molecule has 2 atom stereocenters. The van der Waals surface area contributed by atoms with Crippen LogP contribution in [0.1, 0.15) is 47.4 Å². The molecule has 1 aliphatic rings. The van der Waals surface area contributed by atoms with Gasteiger partial charge in [0.2, 0.25) is 0 Å². The molecule has 1 heterocycles. The molecule has 1 amide bonds. The Morgan fingerprint density at radius 3 is 2.70 bits per heavy atom. The Bertz CT molecular complexity index is 478. The van der Waals surface area contributed by atoms with Crippen LogP contribution in [0.3, 0.4) is 0 Å². The SMILES string of the molecule is Cc1cc(C(=O)NCC2CCCCC2CBr)c(C)nn1. The molecular formula is C15H22BrN3O. The highest BCUT2D eigenvalue weighted by molar-refractivity contribution is 9.09. The summed E-state index contributed by atoms with van der Waals surface area (Å²) in [7, 11) is 0. The van der Waals surface area contributed by atoms with Crippen molar-refractivity contribution in [3.8, 4) is 0 Å².